The van der Waals surface area contributed by atoms with Gasteiger partial charge in [-0.1, -0.05) is 48.6 Å². The van der Waals surface area contributed by atoms with E-state index in [1.807, 2.05) is 0 Å². The minimum absolute atomic E-state index is 0.0244. The second-order valence-electron chi connectivity index (χ2n) is 12.0. The zero-order valence-corrected chi connectivity index (χ0v) is 31.2. The monoisotopic (exact) mass is 783 g/mol. The van der Waals surface area contributed by atoms with E-state index in [-0.39, 0.29) is 51.2 Å². The van der Waals surface area contributed by atoms with Crippen LogP contribution in [0.1, 0.15) is 62.5 Å². The van der Waals surface area contributed by atoms with Gasteiger partial charge in [-0.05, 0) is 83.9 Å². The molecule has 1 heterocycles. The molecule has 5 aromatic rings. The number of ketones is 2. The van der Waals surface area contributed by atoms with Gasteiger partial charge in [0.15, 0.2) is 34.6 Å². The Hall–Kier alpha value is -8.00. The van der Waals surface area contributed by atoms with Crippen molar-refractivity contribution in [1.82, 2.24) is 4.98 Å². The molecule has 4 aromatic carbocycles. The number of nitrogens with zero attached hydrogens (tertiary/aromatic N) is 1. The number of hydrogen-bond donors (Lipinski definition) is 0. The third kappa shape index (κ3) is 11.5. The first-order valence-corrected chi connectivity index (χ1v) is 17.3. The molecule has 1 aromatic heterocycles. The van der Waals surface area contributed by atoms with Crippen LogP contribution in [-0.4, -0.2) is 53.5 Å². The molecule has 292 valence electrons. The van der Waals surface area contributed by atoms with E-state index in [1.165, 1.54) is 124 Å². The first-order valence-electron chi connectivity index (χ1n) is 17.3. The molecule has 58 heavy (non-hydrogen) atoms. The van der Waals surface area contributed by atoms with E-state index in [0.717, 1.165) is 0 Å². The molecular weight excluding hydrogens is 750 g/mol. The average Bonchev–Trinajstić information content (AvgIpc) is 3.20. The summed E-state index contributed by atoms with van der Waals surface area (Å²) in [5, 5.41) is 0. The zero-order valence-electron chi connectivity index (χ0n) is 31.2. The molecule has 14 nitrogen and oxygen atoms in total. The summed E-state index contributed by atoms with van der Waals surface area (Å²) in [6.45, 7) is 2.39. The first kappa shape index (κ1) is 41.2. The molecule has 0 aliphatic rings. The van der Waals surface area contributed by atoms with Crippen LogP contribution in [0.4, 0.5) is 0 Å². The Bertz CT molecular complexity index is 2450. The normalized spacial score (nSPS) is 10.7. The van der Waals surface area contributed by atoms with Crippen LogP contribution in [0.2, 0.25) is 0 Å². The van der Waals surface area contributed by atoms with Crippen LogP contribution in [0.5, 0.6) is 34.5 Å². The highest BCUT2D eigenvalue weighted by Gasteiger charge is 2.21. The lowest BCUT2D eigenvalue weighted by molar-refractivity contribution is -0.132. The fraction of sp³-hybridized carbons (Fsp3) is 0.0909. The number of benzene rings is 4. The Morgan fingerprint density at radius 2 is 1.00 bits per heavy atom. The smallest absolute Gasteiger partial charge is 0.347 e. The maximum Gasteiger partial charge on any atom is 0.347 e. The number of para-hydroxylation sites is 2. The quantitative estimate of drug-likeness (QED) is 0.0464. The Labute approximate surface area is 331 Å². The Balaban J connectivity index is 1.26. The van der Waals surface area contributed by atoms with Crippen LogP contribution in [0, 0.1) is 0 Å². The van der Waals surface area contributed by atoms with Gasteiger partial charge >= 0.3 is 29.8 Å². The third-order valence-electron chi connectivity index (χ3n) is 7.65. The summed E-state index contributed by atoms with van der Waals surface area (Å²) >= 11 is 0. The number of hydrogen-bond acceptors (Lipinski definition) is 14. The summed E-state index contributed by atoms with van der Waals surface area (Å²) < 4.78 is 32.1. The number of carbonyl (C=O) groups excluding carboxylic acids is 7. The van der Waals surface area contributed by atoms with Crippen molar-refractivity contribution in [2.45, 2.75) is 20.3 Å². The van der Waals surface area contributed by atoms with Crippen LogP contribution in [0.25, 0.3) is 12.2 Å². The summed E-state index contributed by atoms with van der Waals surface area (Å²) in [7, 11) is 1.37. The van der Waals surface area contributed by atoms with Crippen LogP contribution in [-0.2, 0) is 19.2 Å². The second-order valence-corrected chi connectivity index (χ2v) is 12.0. The summed E-state index contributed by atoms with van der Waals surface area (Å²) in [5.41, 5.74) is 0.926. The molecule has 0 atom stereocenters. The summed E-state index contributed by atoms with van der Waals surface area (Å²) in [6, 6.07) is 23.8. The van der Waals surface area contributed by atoms with Gasteiger partial charge in [-0.3, -0.25) is 24.2 Å². The molecule has 0 radical (unpaired) electrons. The van der Waals surface area contributed by atoms with Gasteiger partial charge in [0.2, 0.25) is 0 Å². The average molecular weight is 784 g/mol. The minimum atomic E-state index is -0.905. The standard InChI is InChI=1S/C44H33NO13/c1-27(46)54-36-12-6-4-10-34(36)43(51)56-38-20-16-29(23-40(38)53-3)14-18-32(48)25-33(49)19-15-30-17-21-39(41(24-30)58-42(50)31-9-8-22-45-26-31)57-44(52)35-11-5-7-13-37(35)55-28(2)47/h4-24,26H,25H2,1-3H3/b18-14+,19-15+. The molecule has 5 rings (SSSR count). The van der Waals surface area contributed by atoms with Gasteiger partial charge in [-0.2, -0.15) is 0 Å². The van der Waals surface area contributed by atoms with Gasteiger partial charge < -0.3 is 28.4 Å². The maximum absolute atomic E-state index is 13.1. The van der Waals surface area contributed by atoms with Crippen LogP contribution in [0.15, 0.2) is 122 Å². The van der Waals surface area contributed by atoms with Gasteiger partial charge in [0, 0.05) is 26.2 Å². The van der Waals surface area contributed by atoms with Gasteiger partial charge in [-0.25, -0.2) is 14.4 Å². The molecule has 0 spiro atoms. The number of ether oxygens (including phenoxy) is 6. The third-order valence-corrected chi connectivity index (χ3v) is 7.65. The highest BCUT2D eigenvalue weighted by molar-refractivity contribution is 6.11. The van der Waals surface area contributed by atoms with Crippen molar-refractivity contribution >= 4 is 53.6 Å². The number of pyridine rings is 1. The second kappa shape index (κ2) is 19.5. The predicted molar refractivity (Wildman–Crippen MR) is 207 cm³/mol. The van der Waals surface area contributed by atoms with Crippen molar-refractivity contribution < 1.29 is 62.0 Å². The Morgan fingerprint density at radius 3 is 1.48 bits per heavy atom. The van der Waals surface area contributed by atoms with Crippen LogP contribution < -0.4 is 28.4 Å². The summed E-state index contributed by atoms with van der Waals surface area (Å²) in [4.78, 5) is 91.3. The number of aromatic nitrogens is 1. The topological polar surface area (TPSA) is 188 Å². The lowest BCUT2D eigenvalue weighted by atomic mass is 10.1. The highest BCUT2D eigenvalue weighted by atomic mass is 16.6. The van der Waals surface area contributed by atoms with Gasteiger partial charge in [0.25, 0.3) is 0 Å². The molecule has 0 unspecified atom stereocenters. The molecule has 0 saturated carbocycles. The number of esters is 5. The van der Waals surface area contributed by atoms with E-state index in [0.29, 0.717) is 11.1 Å². The van der Waals surface area contributed by atoms with Crippen molar-refractivity contribution in [3.8, 4) is 34.5 Å². The van der Waals surface area contributed by atoms with Crippen molar-refractivity contribution in [3.63, 3.8) is 0 Å². The highest BCUT2D eigenvalue weighted by Crippen LogP contribution is 2.33. The lowest BCUT2D eigenvalue weighted by Gasteiger charge is -2.13. The molecule has 14 heteroatoms. The number of allylic oxidation sites excluding steroid dienone is 2. The number of rotatable bonds is 15. The molecule has 0 bridgehead atoms. The van der Waals surface area contributed by atoms with E-state index >= 15 is 0 Å². The first-order chi connectivity index (χ1) is 27.9. The molecular formula is C44H33NO13. The van der Waals surface area contributed by atoms with Crippen LogP contribution in [0.3, 0.4) is 0 Å². The molecule has 0 fully saturated rings. The fourth-order valence-electron chi connectivity index (χ4n) is 5.04. The molecule has 0 saturated heterocycles. The summed E-state index contributed by atoms with van der Waals surface area (Å²) in [5.74, 6) is -4.92. The molecule has 0 aliphatic heterocycles. The van der Waals surface area contributed by atoms with Crippen molar-refractivity contribution in [2.75, 3.05) is 7.11 Å². The van der Waals surface area contributed by atoms with E-state index in [9.17, 15) is 33.6 Å². The predicted octanol–water partition coefficient (Wildman–Crippen LogP) is 6.85. The molecule has 0 aliphatic carbocycles. The maximum atomic E-state index is 13.1. The lowest BCUT2D eigenvalue weighted by Crippen LogP contribution is -2.14. The fourth-order valence-corrected chi connectivity index (χ4v) is 5.04. The van der Waals surface area contributed by atoms with Gasteiger partial charge in [0.05, 0.1) is 19.1 Å². The Kier molecular flexibility index (Phi) is 13.9. The van der Waals surface area contributed by atoms with E-state index in [4.69, 9.17) is 28.4 Å². The van der Waals surface area contributed by atoms with E-state index in [2.05, 4.69) is 4.98 Å². The Morgan fingerprint density at radius 1 is 0.517 bits per heavy atom. The minimum Gasteiger partial charge on any atom is -0.493 e. The van der Waals surface area contributed by atoms with Gasteiger partial charge in [0.1, 0.15) is 22.6 Å². The van der Waals surface area contributed by atoms with E-state index < -0.39 is 47.8 Å². The van der Waals surface area contributed by atoms with Crippen molar-refractivity contribution in [1.29, 1.82) is 0 Å². The number of carbonyl (C=O) groups is 7. The summed E-state index contributed by atoms with van der Waals surface area (Å²) in [6.07, 6.45) is 7.50. The SMILES string of the molecule is COc1cc(/C=C/C(=O)CC(=O)/C=C/c2ccc(OC(=O)c3ccccc3OC(C)=O)c(OC(=O)c3cccnc3)c2)ccc1OC(=O)c1ccccc1OC(C)=O. The van der Waals surface area contributed by atoms with Crippen molar-refractivity contribution in [2.24, 2.45) is 0 Å². The van der Waals surface area contributed by atoms with Crippen molar-refractivity contribution in [3.05, 3.63) is 149 Å². The number of methoxy groups -OCH3 is 1. The molecule has 0 amide bonds. The van der Waals surface area contributed by atoms with E-state index in [1.54, 1.807) is 30.3 Å². The molecule has 0 N–H and O–H groups in total. The van der Waals surface area contributed by atoms with Gasteiger partial charge in [-0.15, -0.1) is 0 Å². The zero-order chi connectivity index (χ0) is 41.6. The van der Waals surface area contributed by atoms with Crippen LogP contribution >= 0.6 is 0 Å². The largest absolute Gasteiger partial charge is 0.493 e.